The Kier molecular flexibility index (Phi) is 5.01. The predicted molar refractivity (Wildman–Crippen MR) is 83.6 cm³/mol. The van der Waals surface area contributed by atoms with E-state index in [1.807, 2.05) is 0 Å². The van der Waals surface area contributed by atoms with Gasteiger partial charge in [0, 0.05) is 0 Å². The van der Waals surface area contributed by atoms with Crippen molar-refractivity contribution in [3.05, 3.63) is 59.1 Å². The summed E-state index contributed by atoms with van der Waals surface area (Å²) in [6.45, 7) is 1.56. The number of benzene rings is 2. The number of carboxylic acids is 1. The number of carbonyl (C=O) groups is 2. The average Bonchev–Trinajstić information content (AvgIpc) is 2.49. The fourth-order valence-electron chi connectivity index (χ4n) is 1.80. The van der Waals surface area contributed by atoms with E-state index < -0.39 is 18.0 Å². The van der Waals surface area contributed by atoms with Gasteiger partial charge in [0.1, 0.15) is 5.75 Å². The van der Waals surface area contributed by atoms with Gasteiger partial charge in [0.2, 0.25) is 0 Å². The Morgan fingerprint density at radius 3 is 2.45 bits per heavy atom. The van der Waals surface area contributed by atoms with Crippen LogP contribution >= 0.6 is 11.6 Å². The summed E-state index contributed by atoms with van der Waals surface area (Å²) in [4.78, 5) is 23.2. The first-order valence-corrected chi connectivity index (χ1v) is 6.91. The van der Waals surface area contributed by atoms with Crippen molar-refractivity contribution in [2.45, 2.75) is 13.0 Å². The van der Waals surface area contributed by atoms with Crippen LogP contribution in [0.25, 0.3) is 0 Å². The first-order valence-electron chi connectivity index (χ1n) is 6.53. The van der Waals surface area contributed by atoms with Crippen LogP contribution in [0.15, 0.2) is 48.5 Å². The van der Waals surface area contributed by atoms with Gasteiger partial charge in [-0.25, -0.2) is 4.79 Å². The molecule has 0 aromatic heterocycles. The summed E-state index contributed by atoms with van der Waals surface area (Å²) in [5.74, 6) is -1.19. The molecule has 0 heterocycles. The molecular weight excluding hydrogens is 306 g/mol. The summed E-state index contributed by atoms with van der Waals surface area (Å²) < 4.78 is 5.49. The van der Waals surface area contributed by atoms with Crippen LogP contribution in [0.1, 0.15) is 17.3 Å². The molecule has 0 saturated carbocycles. The minimum atomic E-state index is -1.12. The van der Waals surface area contributed by atoms with Gasteiger partial charge in [0.05, 0.1) is 16.3 Å². The Bertz CT molecular complexity index is 702. The Balaban J connectivity index is 2.09. The predicted octanol–water partition coefficient (Wildman–Crippen LogP) is 3.44. The minimum Gasteiger partial charge on any atom is -0.479 e. The normalized spacial score (nSPS) is 11.5. The van der Waals surface area contributed by atoms with Crippen LogP contribution in [0.3, 0.4) is 0 Å². The standard InChI is InChI=1S/C16H14ClNO4/c1-10(22-14-9-5-3-7-12(14)17)15(19)18-13-8-4-2-6-11(13)16(20)21/h2-10H,1H3,(H,18,19)(H,20,21). The van der Waals surface area contributed by atoms with Crippen molar-refractivity contribution in [3.8, 4) is 5.75 Å². The molecule has 0 radical (unpaired) electrons. The van der Waals surface area contributed by atoms with Crippen LogP contribution < -0.4 is 10.1 Å². The minimum absolute atomic E-state index is 0.0146. The Hall–Kier alpha value is -2.53. The smallest absolute Gasteiger partial charge is 0.337 e. The van der Waals surface area contributed by atoms with Crippen molar-refractivity contribution in [2.24, 2.45) is 0 Å². The molecule has 2 rings (SSSR count). The molecule has 22 heavy (non-hydrogen) atoms. The molecule has 0 bridgehead atoms. The van der Waals surface area contributed by atoms with Crippen LogP contribution in [0, 0.1) is 0 Å². The number of carboxylic acid groups (broad SMARTS) is 1. The van der Waals surface area contributed by atoms with Crippen molar-refractivity contribution in [3.63, 3.8) is 0 Å². The second kappa shape index (κ2) is 6.95. The van der Waals surface area contributed by atoms with Gasteiger partial charge in [-0.1, -0.05) is 35.9 Å². The van der Waals surface area contributed by atoms with Gasteiger partial charge in [-0.05, 0) is 31.2 Å². The monoisotopic (exact) mass is 319 g/mol. The highest BCUT2D eigenvalue weighted by atomic mass is 35.5. The molecule has 0 aliphatic heterocycles. The SMILES string of the molecule is CC(Oc1ccccc1Cl)C(=O)Nc1ccccc1C(=O)O. The molecule has 1 atom stereocenters. The summed E-state index contributed by atoms with van der Waals surface area (Å²) in [5.41, 5.74) is 0.232. The molecular formula is C16H14ClNO4. The van der Waals surface area contributed by atoms with Gasteiger partial charge in [-0.2, -0.15) is 0 Å². The molecule has 0 spiro atoms. The molecule has 0 saturated heterocycles. The summed E-state index contributed by atoms with van der Waals surface area (Å²) in [5, 5.41) is 12.0. The van der Waals surface area contributed by atoms with Crippen LogP contribution in [-0.2, 0) is 4.79 Å². The van der Waals surface area contributed by atoms with E-state index in [2.05, 4.69) is 5.32 Å². The van der Waals surface area contributed by atoms with Crippen LogP contribution in [-0.4, -0.2) is 23.1 Å². The molecule has 0 fully saturated rings. The molecule has 2 aromatic carbocycles. The van der Waals surface area contributed by atoms with Gasteiger partial charge in [0.15, 0.2) is 6.10 Å². The van der Waals surface area contributed by atoms with E-state index in [1.54, 1.807) is 43.3 Å². The lowest BCUT2D eigenvalue weighted by atomic mass is 10.1. The van der Waals surface area contributed by atoms with Crippen molar-refractivity contribution >= 4 is 29.2 Å². The Labute approximate surface area is 132 Å². The van der Waals surface area contributed by atoms with E-state index in [1.165, 1.54) is 12.1 Å². The number of aromatic carboxylic acids is 1. The fourth-order valence-corrected chi connectivity index (χ4v) is 1.98. The quantitative estimate of drug-likeness (QED) is 0.885. The largest absolute Gasteiger partial charge is 0.479 e. The number of ether oxygens (including phenoxy) is 1. The lowest BCUT2D eigenvalue weighted by Gasteiger charge is -2.16. The van der Waals surface area contributed by atoms with E-state index >= 15 is 0 Å². The number of halogens is 1. The maximum Gasteiger partial charge on any atom is 0.337 e. The van der Waals surface area contributed by atoms with Crippen LogP contribution in [0.5, 0.6) is 5.75 Å². The molecule has 0 aliphatic carbocycles. The van der Waals surface area contributed by atoms with Crippen molar-refractivity contribution in [1.82, 2.24) is 0 Å². The first kappa shape index (κ1) is 15.9. The van der Waals surface area contributed by atoms with E-state index in [9.17, 15) is 9.59 Å². The summed E-state index contributed by atoms with van der Waals surface area (Å²) >= 11 is 5.97. The Morgan fingerprint density at radius 2 is 1.77 bits per heavy atom. The first-order chi connectivity index (χ1) is 10.5. The van der Waals surface area contributed by atoms with Crippen molar-refractivity contribution in [2.75, 3.05) is 5.32 Å². The molecule has 114 valence electrons. The second-order valence-corrected chi connectivity index (χ2v) is 4.94. The van der Waals surface area contributed by atoms with Crippen molar-refractivity contribution < 1.29 is 19.4 Å². The third-order valence-corrected chi connectivity index (χ3v) is 3.24. The fraction of sp³-hybridized carbons (Fsp3) is 0.125. The molecule has 1 amide bonds. The number of para-hydroxylation sites is 2. The average molecular weight is 320 g/mol. The zero-order valence-electron chi connectivity index (χ0n) is 11.7. The number of nitrogens with one attached hydrogen (secondary N) is 1. The van der Waals surface area contributed by atoms with Crippen LogP contribution in [0.4, 0.5) is 5.69 Å². The van der Waals surface area contributed by atoms with E-state index in [0.717, 1.165) is 0 Å². The summed E-state index contributed by atoms with van der Waals surface area (Å²) in [7, 11) is 0. The van der Waals surface area contributed by atoms with Crippen LogP contribution in [0.2, 0.25) is 5.02 Å². The molecule has 2 aromatic rings. The zero-order chi connectivity index (χ0) is 16.1. The number of amides is 1. The number of hydrogen-bond acceptors (Lipinski definition) is 3. The molecule has 5 nitrogen and oxygen atoms in total. The summed E-state index contributed by atoms with van der Waals surface area (Å²) in [6, 6.07) is 13.0. The van der Waals surface area contributed by atoms with Gasteiger partial charge in [0.25, 0.3) is 5.91 Å². The molecule has 6 heteroatoms. The third-order valence-electron chi connectivity index (χ3n) is 2.92. The molecule has 1 unspecified atom stereocenters. The zero-order valence-corrected chi connectivity index (χ0v) is 12.5. The van der Waals surface area contributed by atoms with Gasteiger partial charge in [-0.15, -0.1) is 0 Å². The highest BCUT2D eigenvalue weighted by Gasteiger charge is 2.18. The number of rotatable bonds is 5. The Morgan fingerprint density at radius 1 is 1.14 bits per heavy atom. The highest BCUT2D eigenvalue weighted by molar-refractivity contribution is 6.32. The number of anilines is 1. The number of carbonyl (C=O) groups excluding carboxylic acids is 1. The topological polar surface area (TPSA) is 75.6 Å². The third kappa shape index (κ3) is 3.77. The lowest BCUT2D eigenvalue weighted by molar-refractivity contribution is -0.122. The maximum absolute atomic E-state index is 12.1. The maximum atomic E-state index is 12.1. The van der Waals surface area contributed by atoms with Gasteiger partial charge in [-0.3, -0.25) is 4.79 Å². The molecule has 2 N–H and O–H groups in total. The summed E-state index contributed by atoms with van der Waals surface area (Å²) in [6.07, 6.45) is -0.832. The second-order valence-electron chi connectivity index (χ2n) is 4.53. The van der Waals surface area contributed by atoms with Gasteiger partial charge < -0.3 is 15.2 Å². The van der Waals surface area contributed by atoms with Gasteiger partial charge >= 0.3 is 5.97 Å². The van der Waals surface area contributed by atoms with E-state index in [0.29, 0.717) is 10.8 Å². The van der Waals surface area contributed by atoms with E-state index in [4.69, 9.17) is 21.4 Å². The number of hydrogen-bond donors (Lipinski definition) is 2. The highest BCUT2D eigenvalue weighted by Crippen LogP contribution is 2.24. The lowest BCUT2D eigenvalue weighted by Crippen LogP contribution is -2.30. The molecule has 0 aliphatic rings. The van der Waals surface area contributed by atoms with Crippen molar-refractivity contribution in [1.29, 1.82) is 0 Å². The van der Waals surface area contributed by atoms with E-state index in [-0.39, 0.29) is 11.3 Å².